The van der Waals surface area contributed by atoms with E-state index in [1.807, 2.05) is 24.3 Å². The number of para-hydroxylation sites is 1. The van der Waals surface area contributed by atoms with Crippen molar-refractivity contribution in [2.45, 2.75) is 0 Å². The van der Waals surface area contributed by atoms with E-state index < -0.39 is 0 Å². The molecule has 0 saturated carbocycles. The fourth-order valence-electron chi connectivity index (χ4n) is 1.50. The summed E-state index contributed by atoms with van der Waals surface area (Å²) in [4.78, 5) is 16.9. The summed E-state index contributed by atoms with van der Waals surface area (Å²) in [6.45, 7) is 3.62. The van der Waals surface area contributed by atoms with E-state index in [1.165, 1.54) is 0 Å². The quantitative estimate of drug-likeness (QED) is 0.739. The molecule has 0 fully saturated rings. The van der Waals surface area contributed by atoms with Crippen LogP contribution in [0.4, 0.5) is 0 Å². The van der Waals surface area contributed by atoms with E-state index in [4.69, 9.17) is 4.74 Å². The number of ether oxygens (including phenoxy) is 1. The molecule has 0 saturated heterocycles. The van der Waals surface area contributed by atoms with Crippen molar-refractivity contribution in [3.05, 3.63) is 51.0 Å². The molecule has 0 radical (unpaired) electrons. The number of H-pyrrole nitrogens is 2. The van der Waals surface area contributed by atoms with Crippen molar-refractivity contribution in [1.29, 1.82) is 0 Å². The zero-order valence-corrected chi connectivity index (χ0v) is 8.91. The number of aromatic nitrogens is 2. The molecule has 1 aromatic heterocycles. The highest BCUT2D eigenvalue weighted by atomic mass is 16.5. The lowest BCUT2D eigenvalue weighted by atomic mass is 10.2. The lowest BCUT2D eigenvalue weighted by molar-refractivity contribution is 0.414. The smallest absolute Gasteiger partial charge is 0.273 e. The van der Waals surface area contributed by atoms with E-state index in [1.54, 1.807) is 13.2 Å². The first kappa shape index (κ1) is 10.3. The van der Waals surface area contributed by atoms with Gasteiger partial charge in [-0.2, -0.15) is 0 Å². The minimum absolute atomic E-state index is 0.184. The third-order valence-electron chi connectivity index (χ3n) is 2.23. The fourth-order valence-corrected chi connectivity index (χ4v) is 1.50. The van der Waals surface area contributed by atoms with Gasteiger partial charge < -0.3 is 14.7 Å². The minimum atomic E-state index is -0.184. The summed E-state index contributed by atoms with van der Waals surface area (Å²) >= 11 is 0. The van der Waals surface area contributed by atoms with Gasteiger partial charge in [-0.1, -0.05) is 24.8 Å². The SMILES string of the molecule is C=c1[nH]c(=O)c(=Cc2ccccc2OC)[nH]1. The number of rotatable bonds is 2. The number of methoxy groups -OCH3 is 1. The van der Waals surface area contributed by atoms with Gasteiger partial charge in [0.15, 0.2) is 0 Å². The molecule has 0 aliphatic carbocycles. The van der Waals surface area contributed by atoms with Gasteiger partial charge in [-0.3, -0.25) is 4.79 Å². The largest absolute Gasteiger partial charge is 0.496 e. The van der Waals surface area contributed by atoms with Crippen LogP contribution in [0.2, 0.25) is 0 Å². The Kier molecular flexibility index (Phi) is 2.64. The van der Waals surface area contributed by atoms with E-state index in [2.05, 4.69) is 16.5 Å². The summed E-state index contributed by atoms with van der Waals surface area (Å²) in [5.41, 5.74) is 1.15. The van der Waals surface area contributed by atoms with Gasteiger partial charge in [0.05, 0.1) is 7.11 Å². The van der Waals surface area contributed by atoms with Crippen LogP contribution in [0.25, 0.3) is 12.7 Å². The van der Waals surface area contributed by atoms with E-state index in [0.29, 0.717) is 10.8 Å². The third-order valence-corrected chi connectivity index (χ3v) is 2.23. The van der Waals surface area contributed by atoms with Crippen molar-refractivity contribution >= 4 is 12.7 Å². The first-order valence-electron chi connectivity index (χ1n) is 4.82. The number of hydrogen-bond acceptors (Lipinski definition) is 2. The Morgan fingerprint density at radius 1 is 1.31 bits per heavy atom. The van der Waals surface area contributed by atoms with Crippen molar-refractivity contribution in [2.75, 3.05) is 7.11 Å². The van der Waals surface area contributed by atoms with Crippen molar-refractivity contribution in [2.24, 2.45) is 0 Å². The first-order valence-corrected chi connectivity index (χ1v) is 4.82. The maximum atomic E-state index is 11.4. The molecule has 1 aromatic carbocycles. The second-order valence-electron chi connectivity index (χ2n) is 3.36. The second-order valence-corrected chi connectivity index (χ2v) is 3.36. The van der Waals surface area contributed by atoms with Crippen LogP contribution in [-0.4, -0.2) is 17.1 Å². The van der Waals surface area contributed by atoms with Crippen LogP contribution in [0.1, 0.15) is 5.56 Å². The Morgan fingerprint density at radius 2 is 2.06 bits per heavy atom. The highest BCUT2D eigenvalue weighted by Crippen LogP contribution is 2.16. The fraction of sp³-hybridized carbons (Fsp3) is 0.0833. The molecule has 0 bridgehead atoms. The van der Waals surface area contributed by atoms with E-state index in [-0.39, 0.29) is 5.56 Å². The van der Waals surface area contributed by atoms with Crippen LogP contribution in [0, 0.1) is 0 Å². The second kappa shape index (κ2) is 4.10. The van der Waals surface area contributed by atoms with Gasteiger partial charge in [-0.15, -0.1) is 0 Å². The maximum Gasteiger partial charge on any atom is 0.273 e. The van der Waals surface area contributed by atoms with Crippen molar-refractivity contribution in [1.82, 2.24) is 9.97 Å². The Balaban J connectivity index is 2.63. The predicted molar refractivity (Wildman–Crippen MR) is 62.7 cm³/mol. The zero-order valence-electron chi connectivity index (χ0n) is 8.91. The number of benzene rings is 1. The molecular formula is C12H12N2O2. The summed E-state index contributed by atoms with van der Waals surface area (Å²) in [6.07, 6.45) is 1.73. The molecule has 2 aromatic rings. The molecule has 0 amide bonds. The number of imidazole rings is 1. The van der Waals surface area contributed by atoms with Crippen molar-refractivity contribution in [3.8, 4) is 5.75 Å². The molecule has 4 heteroatoms. The molecule has 0 unspecified atom stereocenters. The first-order chi connectivity index (χ1) is 7.70. The minimum Gasteiger partial charge on any atom is -0.496 e. The molecule has 1 heterocycles. The molecule has 4 nitrogen and oxygen atoms in total. The molecule has 2 N–H and O–H groups in total. The van der Waals surface area contributed by atoms with Gasteiger partial charge in [-0.05, 0) is 12.1 Å². The summed E-state index contributed by atoms with van der Waals surface area (Å²) in [7, 11) is 1.60. The lowest BCUT2D eigenvalue weighted by Gasteiger charge is -2.02. The van der Waals surface area contributed by atoms with E-state index >= 15 is 0 Å². The standard InChI is InChI=1S/C12H12N2O2/c1-8-13-10(12(15)14-8)7-9-5-3-4-6-11(9)16-2/h3-7,13H,1H2,2H3,(H,14,15). The van der Waals surface area contributed by atoms with Gasteiger partial charge in [0, 0.05) is 5.56 Å². The van der Waals surface area contributed by atoms with Crippen LogP contribution in [0.3, 0.4) is 0 Å². The molecular weight excluding hydrogens is 204 g/mol. The van der Waals surface area contributed by atoms with Crippen LogP contribution < -0.4 is 21.1 Å². The van der Waals surface area contributed by atoms with Gasteiger partial charge in [0.1, 0.15) is 16.6 Å². The number of aromatic amines is 2. The highest BCUT2D eigenvalue weighted by molar-refractivity contribution is 5.56. The average Bonchev–Trinajstić information content (AvgIpc) is 2.58. The van der Waals surface area contributed by atoms with E-state index in [0.717, 1.165) is 11.3 Å². The highest BCUT2D eigenvalue weighted by Gasteiger charge is 1.98. The molecule has 0 aliphatic heterocycles. The number of nitrogens with one attached hydrogen (secondary N) is 2. The summed E-state index contributed by atoms with van der Waals surface area (Å²) in [6, 6.07) is 7.48. The van der Waals surface area contributed by atoms with Crippen LogP contribution in [-0.2, 0) is 0 Å². The van der Waals surface area contributed by atoms with E-state index in [9.17, 15) is 4.79 Å². The topological polar surface area (TPSA) is 57.9 Å². The molecule has 0 spiro atoms. The van der Waals surface area contributed by atoms with Gasteiger partial charge in [0.25, 0.3) is 5.56 Å². The van der Waals surface area contributed by atoms with Crippen LogP contribution in [0.5, 0.6) is 5.75 Å². The summed E-state index contributed by atoms with van der Waals surface area (Å²) < 4.78 is 5.19. The Bertz CT molecular complexity index is 652. The van der Waals surface area contributed by atoms with Crippen LogP contribution >= 0.6 is 0 Å². The molecule has 16 heavy (non-hydrogen) atoms. The molecule has 2 rings (SSSR count). The number of hydrogen-bond donors (Lipinski definition) is 2. The molecule has 82 valence electrons. The summed E-state index contributed by atoms with van der Waals surface area (Å²) in [5, 5.41) is 0.467. The predicted octanol–water partition coefficient (Wildman–Crippen LogP) is -0.0493. The van der Waals surface area contributed by atoms with Crippen molar-refractivity contribution < 1.29 is 4.74 Å². The zero-order chi connectivity index (χ0) is 11.5. The Morgan fingerprint density at radius 3 is 2.69 bits per heavy atom. The van der Waals surface area contributed by atoms with Gasteiger partial charge >= 0.3 is 0 Å². The maximum absolute atomic E-state index is 11.4. The van der Waals surface area contributed by atoms with Gasteiger partial charge in [0.2, 0.25) is 0 Å². The lowest BCUT2D eigenvalue weighted by Crippen LogP contribution is -2.22. The van der Waals surface area contributed by atoms with Crippen molar-refractivity contribution in [3.63, 3.8) is 0 Å². The molecule has 0 atom stereocenters. The Hall–Kier alpha value is -2.23. The molecule has 0 aliphatic rings. The third kappa shape index (κ3) is 1.91. The summed E-state index contributed by atoms with van der Waals surface area (Å²) in [5.74, 6) is 0.724. The van der Waals surface area contributed by atoms with Gasteiger partial charge in [-0.25, -0.2) is 0 Å². The normalized spacial score (nSPS) is 11.7. The Labute approximate surface area is 91.9 Å². The average molecular weight is 216 g/mol. The van der Waals surface area contributed by atoms with Crippen LogP contribution in [0.15, 0.2) is 29.1 Å². The monoisotopic (exact) mass is 216 g/mol.